The standard InChI is InChI=1S/C16H13N5OS/c22-15-9-11(10-23-12-5-7-17-8-6-12)20-21(15)16-18-13-3-1-2-4-14(13)19-16/h1-9,20H,10H2,(H,18,19). The molecule has 6 nitrogen and oxygen atoms in total. The van der Waals surface area contributed by atoms with Gasteiger partial charge in [-0.25, -0.2) is 4.98 Å². The number of hydrogen-bond donors (Lipinski definition) is 2. The Morgan fingerprint density at radius 1 is 1.13 bits per heavy atom. The van der Waals surface area contributed by atoms with Crippen molar-refractivity contribution in [3.05, 3.63) is 70.9 Å². The molecule has 0 atom stereocenters. The normalized spacial score (nSPS) is 11.1. The number of benzene rings is 1. The van der Waals surface area contributed by atoms with Gasteiger partial charge in [0.05, 0.1) is 11.0 Å². The summed E-state index contributed by atoms with van der Waals surface area (Å²) in [5.74, 6) is 1.17. The fourth-order valence-corrected chi connectivity index (χ4v) is 3.10. The largest absolute Gasteiger partial charge is 0.322 e. The quantitative estimate of drug-likeness (QED) is 0.566. The zero-order valence-electron chi connectivity index (χ0n) is 12.1. The first-order valence-corrected chi connectivity index (χ1v) is 8.07. The number of aromatic nitrogens is 5. The molecule has 0 amide bonds. The summed E-state index contributed by atoms with van der Waals surface area (Å²) in [5.41, 5.74) is 2.44. The second kappa shape index (κ2) is 5.77. The van der Waals surface area contributed by atoms with Crippen molar-refractivity contribution >= 4 is 22.8 Å². The van der Waals surface area contributed by atoms with E-state index in [4.69, 9.17) is 0 Å². The van der Waals surface area contributed by atoms with Crippen molar-refractivity contribution in [1.82, 2.24) is 24.7 Å². The van der Waals surface area contributed by atoms with Crippen LogP contribution in [0.1, 0.15) is 5.69 Å². The highest BCUT2D eigenvalue weighted by Crippen LogP contribution is 2.20. The summed E-state index contributed by atoms with van der Waals surface area (Å²) in [7, 11) is 0. The lowest BCUT2D eigenvalue weighted by atomic mass is 10.3. The molecule has 0 unspecified atom stereocenters. The minimum atomic E-state index is -0.130. The minimum Gasteiger partial charge on any atom is -0.322 e. The maximum absolute atomic E-state index is 12.2. The Kier molecular flexibility index (Phi) is 3.47. The van der Waals surface area contributed by atoms with Crippen LogP contribution in [0.3, 0.4) is 0 Å². The van der Waals surface area contributed by atoms with E-state index >= 15 is 0 Å². The zero-order valence-corrected chi connectivity index (χ0v) is 12.9. The molecule has 3 heterocycles. The molecule has 2 N–H and O–H groups in total. The molecule has 3 aromatic heterocycles. The van der Waals surface area contributed by atoms with Gasteiger partial charge >= 0.3 is 0 Å². The number of aromatic amines is 2. The van der Waals surface area contributed by atoms with Crippen molar-refractivity contribution in [1.29, 1.82) is 0 Å². The third-order valence-electron chi connectivity index (χ3n) is 3.41. The van der Waals surface area contributed by atoms with Crippen molar-refractivity contribution in [2.75, 3.05) is 0 Å². The van der Waals surface area contributed by atoms with Gasteiger partial charge in [0.2, 0.25) is 5.95 Å². The van der Waals surface area contributed by atoms with Crippen molar-refractivity contribution < 1.29 is 0 Å². The van der Waals surface area contributed by atoms with Crippen molar-refractivity contribution in [2.45, 2.75) is 10.6 Å². The molecule has 0 aliphatic carbocycles. The summed E-state index contributed by atoms with van der Waals surface area (Å²) >= 11 is 1.64. The van der Waals surface area contributed by atoms with Crippen LogP contribution in [0.5, 0.6) is 0 Å². The third-order valence-corrected chi connectivity index (χ3v) is 4.47. The number of fused-ring (bicyclic) bond motifs is 1. The topological polar surface area (TPSA) is 79.4 Å². The molecule has 0 bridgehead atoms. The zero-order chi connectivity index (χ0) is 15.6. The molecule has 0 radical (unpaired) electrons. The van der Waals surface area contributed by atoms with Crippen LogP contribution in [0, 0.1) is 0 Å². The van der Waals surface area contributed by atoms with Crippen molar-refractivity contribution in [2.24, 2.45) is 0 Å². The average Bonchev–Trinajstić information content (AvgIpc) is 3.17. The maximum Gasteiger partial charge on any atom is 0.274 e. The molecule has 0 fully saturated rings. The monoisotopic (exact) mass is 323 g/mol. The van der Waals surface area contributed by atoms with Crippen LogP contribution in [0.4, 0.5) is 0 Å². The van der Waals surface area contributed by atoms with Gasteiger partial charge in [-0.1, -0.05) is 12.1 Å². The number of para-hydroxylation sites is 2. The van der Waals surface area contributed by atoms with E-state index in [9.17, 15) is 4.79 Å². The Balaban J connectivity index is 1.60. The van der Waals surface area contributed by atoms with Gasteiger partial charge in [-0.2, -0.15) is 4.68 Å². The minimum absolute atomic E-state index is 0.130. The number of pyridine rings is 1. The molecule has 0 saturated heterocycles. The summed E-state index contributed by atoms with van der Waals surface area (Å²) in [6, 6.07) is 13.2. The van der Waals surface area contributed by atoms with E-state index in [0.29, 0.717) is 11.7 Å². The molecule has 23 heavy (non-hydrogen) atoms. The van der Waals surface area contributed by atoms with Crippen LogP contribution in [-0.4, -0.2) is 24.7 Å². The molecule has 0 aliphatic rings. The van der Waals surface area contributed by atoms with Gasteiger partial charge < -0.3 is 4.98 Å². The lowest BCUT2D eigenvalue weighted by Gasteiger charge is -1.99. The van der Waals surface area contributed by atoms with Crippen LogP contribution < -0.4 is 5.56 Å². The van der Waals surface area contributed by atoms with Gasteiger partial charge in [0.25, 0.3) is 5.56 Å². The second-order valence-corrected chi connectivity index (χ2v) is 6.05. The predicted molar refractivity (Wildman–Crippen MR) is 89.8 cm³/mol. The third kappa shape index (κ3) is 2.78. The van der Waals surface area contributed by atoms with E-state index in [1.165, 1.54) is 4.68 Å². The summed E-state index contributed by atoms with van der Waals surface area (Å²) in [4.78, 5) is 24.9. The highest BCUT2D eigenvalue weighted by Gasteiger charge is 2.09. The van der Waals surface area contributed by atoms with E-state index < -0.39 is 0 Å². The smallest absolute Gasteiger partial charge is 0.274 e. The Morgan fingerprint density at radius 3 is 2.78 bits per heavy atom. The molecule has 0 saturated carbocycles. The van der Waals surface area contributed by atoms with Gasteiger partial charge in [-0.3, -0.25) is 14.9 Å². The number of thioether (sulfide) groups is 1. The summed E-state index contributed by atoms with van der Waals surface area (Å²) in [6.07, 6.45) is 3.51. The summed E-state index contributed by atoms with van der Waals surface area (Å²) < 4.78 is 1.43. The Morgan fingerprint density at radius 2 is 1.96 bits per heavy atom. The highest BCUT2D eigenvalue weighted by atomic mass is 32.2. The highest BCUT2D eigenvalue weighted by molar-refractivity contribution is 7.98. The van der Waals surface area contributed by atoms with Crippen LogP contribution in [0.15, 0.2) is 64.5 Å². The number of nitrogens with zero attached hydrogens (tertiary/aromatic N) is 3. The van der Waals surface area contributed by atoms with E-state index in [-0.39, 0.29) is 5.56 Å². The molecule has 4 aromatic rings. The maximum atomic E-state index is 12.2. The van der Waals surface area contributed by atoms with Crippen LogP contribution >= 0.6 is 11.8 Å². The van der Waals surface area contributed by atoms with E-state index in [0.717, 1.165) is 21.6 Å². The molecule has 7 heteroatoms. The fourth-order valence-electron chi connectivity index (χ4n) is 2.32. The summed E-state index contributed by atoms with van der Waals surface area (Å²) in [5, 5.41) is 3.10. The first-order chi connectivity index (χ1) is 11.3. The molecule has 4 rings (SSSR count). The van der Waals surface area contributed by atoms with Crippen molar-refractivity contribution in [3.63, 3.8) is 0 Å². The van der Waals surface area contributed by atoms with Crippen LogP contribution in [0.25, 0.3) is 17.0 Å². The number of H-pyrrole nitrogens is 2. The molecule has 1 aromatic carbocycles. The van der Waals surface area contributed by atoms with Crippen LogP contribution in [-0.2, 0) is 5.75 Å². The number of rotatable bonds is 4. The molecule has 0 spiro atoms. The Hall–Kier alpha value is -2.80. The van der Waals surface area contributed by atoms with E-state index in [2.05, 4.69) is 20.1 Å². The molecular formula is C16H13N5OS. The fraction of sp³-hybridized carbons (Fsp3) is 0.0625. The SMILES string of the molecule is O=c1cc(CSc2ccncc2)[nH]n1-c1nc2ccccc2[nH]1. The van der Waals surface area contributed by atoms with Gasteiger partial charge in [-0.05, 0) is 24.3 Å². The lowest BCUT2D eigenvalue weighted by molar-refractivity contribution is 0.789. The Labute approximate surface area is 135 Å². The van der Waals surface area contributed by atoms with Crippen LogP contribution in [0.2, 0.25) is 0 Å². The number of imidazole rings is 1. The van der Waals surface area contributed by atoms with Gasteiger partial charge in [0.1, 0.15) is 0 Å². The average molecular weight is 323 g/mol. The predicted octanol–water partition coefficient (Wildman–Crippen LogP) is 2.73. The summed E-state index contributed by atoms with van der Waals surface area (Å²) in [6.45, 7) is 0. The molecule has 114 valence electrons. The first-order valence-electron chi connectivity index (χ1n) is 7.08. The number of hydrogen-bond acceptors (Lipinski definition) is 4. The first kappa shape index (κ1) is 13.8. The second-order valence-electron chi connectivity index (χ2n) is 5.00. The van der Waals surface area contributed by atoms with Gasteiger partial charge in [-0.15, -0.1) is 11.8 Å². The Bertz CT molecular complexity index is 969. The molecular weight excluding hydrogens is 310 g/mol. The lowest BCUT2D eigenvalue weighted by Crippen LogP contribution is -2.14. The van der Waals surface area contributed by atoms with E-state index in [1.807, 2.05) is 36.4 Å². The molecule has 0 aliphatic heterocycles. The number of nitrogens with one attached hydrogen (secondary N) is 2. The van der Waals surface area contributed by atoms with Gasteiger partial charge in [0.15, 0.2) is 0 Å². The van der Waals surface area contributed by atoms with Crippen molar-refractivity contribution in [3.8, 4) is 5.95 Å². The van der Waals surface area contributed by atoms with E-state index in [1.54, 1.807) is 30.2 Å². The van der Waals surface area contributed by atoms with Gasteiger partial charge in [0, 0.05) is 34.8 Å².